The second kappa shape index (κ2) is 8.26. The first-order chi connectivity index (χ1) is 10.2. The largest absolute Gasteiger partial charge is 0.434 e. The lowest BCUT2D eigenvalue weighted by atomic mass is 9.99. The minimum absolute atomic E-state index is 0.174. The lowest BCUT2D eigenvalue weighted by Crippen LogP contribution is -2.28. The SMILES string of the molecule is NNC(CCCC1CCCO1)c1ccccc1OC(F)F. The summed E-state index contributed by atoms with van der Waals surface area (Å²) in [5, 5.41) is 0. The van der Waals surface area contributed by atoms with Crippen LogP contribution in [-0.4, -0.2) is 19.3 Å². The average Bonchev–Trinajstić information content (AvgIpc) is 2.97. The zero-order valence-electron chi connectivity index (χ0n) is 11.9. The van der Waals surface area contributed by atoms with Gasteiger partial charge in [0.2, 0.25) is 0 Å². The van der Waals surface area contributed by atoms with Crippen molar-refractivity contribution in [2.75, 3.05) is 6.61 Å². The van der Waals surface area contributed by atoms with Crippen LogP contribution in [0.15, 0.2) is 24.3 Å². The Bertz CT molecular complexity index is 426. The van der Waals surface area contributed by atoms with Crippen LogP contribution in [-0.2, 0) is 4.74 Å². The molecule has 4 nitrogen and oxygen atoms in total. The van der Waals surface area contributed by atoms with Crippen LogP contribution in [0.25, 0.3) is 0 Å². The molecule has 6 heteroatoms. The number of nitrogens with two attached hydrogens (primary N) is 1. The predicted molar refractivity (Wildman–Crippen MR) is 76.0 cm³/mol. The summed E-state index contributed by atoms with van der Waals surface area (Å²) in [5.41, 5.74) is 3.35. The number of nitrogens with one attached hydrogen (secondary N) is 1. The lowest BCUT2D eigenvalue weighted by Gasteiger charge is -2.20. The third-order valence-corrected chi connectivity index (χ3v) is 3.75. The van der Waals surface area contributed by atoms with Gasteiger partial charge in [0, 0.05) is 18.2 Å². The van der Waals surface area contributed by atoms with Crippen LogP contribution in [0.2, 0.25) is 0 Å². The molecule has 0 amide bonds. The van der Waals surface area contributed by atoms with Gasteiger partial charge >= 0.3 is 6.61 Å². The summed E-state index contributed by atoms with van der Waals surface area (Å²) in [6, 6.07) is 6.54. The Morgan fingerprint density at radius 1 is 1.38 bits per heavy atom. The molecular weight excluding hydrogens is 278 g/mol. The first kappa shape index (κ1) is 16.1. The maximum absolute atomic E-state index is 12.4. The highest BCUT2D eigenvalue weighted by Crippen LogP contribution is 2.30. The minimum Gasteiger partial charge on any atom is -0.434 e. The number of alkyl halides is 2. The normalized spacial score (nSPS) is 19.9. The molecule has 21 heavy (non-hydrogen) atoms. The molecule has 1 aromatic rings. The number of halogens is 2. The van der Waals surface area contributed by atoms with Crippen molar-refractivity contribution in [1.82, 2.24) is 5.43 Å². The Kier molecular flexibility index (Phi) is 6.35. The van der Waals surface area contributed by atoms with E-state index in [1.54, 1.807) is 18.2 Å². The van der Waals surface area contributed by atoms with Crippen LogP contribution < -0.4 is 16.0 Å². The van der Waals surface area contributed by atoms with Crippen molar-refractivity contribution in [1.29, 1.82) is 0 Å². The maximum atomic E-state index is 12.4. The van der Waals surface area contributed by atoms with Gasteiger partial charge in [-0.05, 0) is 38.2 Å². The van der Waals surface area contributed by atoms with Gasteiger partial charge in [0.1, 0.15) is 5.75 Å². The lowest BCUT2D eigenvalue weighted by molar-refractivity contribution is -0.0507. The molecule has 1 heterocycles. The van der Waals surface area contributed by atoms with E-state index in [2.05, 4.69) is 10.2 Å². The third-order valence-electron chi connectivity index (χ3n) is 3.75. The highest BCUT2D eigenvalue weighted by Gasteiger charge is 2.19. The topological polar surface area (TPSA) is 56.5 Å². The van der Waals surface area contributed by atoms with Crippen molar-refractivity contribution in [2.45, 2.75) is 50.9 Å². The zero-order chi connectivity index (χ0) is 15.1. The standard InChI is InChI=1S/C15H22F2N2O2/c16-15(17)21-14-9-2-1-7-12(14)13(19-18)8-3-5-11-6-4-10-20-11/h1-2,7,9,11,13,15,19H,3-6,8,10,18H2. The minimum atomic E-state index is -2.84. The summed E-state index contributed by atoms with van der Waals surface area (Å²) < 4.78 is 35.0. The number of ether oxygens (including phenoxy) is 2. The van der Waals surface area contributed by atoms with E-state index in [0.29, 0.717) is 11.7 Å². The van der Waals surface area contributed by atoms with Gasteiger partial charge in [0.05, 0.1) is 6.10 Å². The molecule has 0 bridgehead atoms. The molecule has 1 aliphatic rings. The molecule has 2 atom stereocenters. The Labute approximate surface area is 123 Å². The van der Waals surface area contributed by atoms with Gasteiger partial charge in [0.25, 0.3) is 0 Å². The molecule has 1 aliphatic heterocycles. The van der Waals surface area contributed by atoms with Crippen molar-refractivity contribution in [3.05, 3.63) is 29.8 Å². The second-order valence-electron chi connectivity index (χ2n) is 5.20. The molecule has 3 N–H and O–H groups in total. The maximum Gasteiger partial charge on any atom is 0.387 e. The summed E-state index contributed by atoms with van der Waals surface area (Å²) in [6.07, 6.45) is 5.19. The fourth-order valence-corrected chi connectivity index (χ4v) is 2.72. The molecule has 0 saturated carbocycles. The van der Waals surface area contributed by atoms with E-state index in [0.717, 1.165) is 38.7 Å². The van der Waals surface area contributed by atoms with Crippen LogP contribution >= 0.6 is 0 Å². The van der Waals surface area contributed by atoms with E-state index in [4.69, 9.17) is 10.6 Å². The van der Waals surface area contributed by atoms with Gasteiger partial charge in [-0.1, -0.05) is 18.2 Å². The smallest absolute Gasteiger partial charge is 0.387 e. The van der Waals surface area contributed by atoms with E-state index >= 15 is 0 Å². The van der Waals surface area contributed by atoms with Crippen LogP contribution in [0, 0.1) is 0 Å². The van der Waals surface area contributed by atoms with Crippen molar-refractivity contribution in [2.24, 2.45) is 5.84 Å². The highest BCUT2D eigenvalue weighted by molar-refractivity contribution is 5.35. The second-order valence-corrected chi connectivity index (χ2v) is 5.20. The summed E-state index contributed by atoms with van der Waals surface area (Å²) in [6.45, 7) is -2.00. The molecule has 2 rings (SSSR count). The molecule has 118 valence electrons. The van der Waals surface area contributed by atoms with Gasteiger partial charge in [-0.25, -0.2) is 0 Å². The average molecular weight is 300 g/mol. The molecule has 1 aromatic carbocycles. The molecule has 0 radical (unpaired) electrons. The summed E-state index contributed by atoms with van der Waals surface area (Å²) in [4.78, 5) is 0. The van der Waals surface area contributed by atoms with Gasteiger partial charge in [-0.3, -0.25) is 11.3 Å². The van der Waals surface area contributed by atoms with Crippen LogP contribution in [0.3, 0.4) is 0 Å². The van der Waals surface area contributed by atoms with Crippen LogP contribution in [0.1, 0.15) is 43.7 Å². The number of hydrazine groups is 1. The van der Waals surface area contributed by atoms with E-state index in [9.17, 15) is 8.78 Å². The molecule has 0 aromatic heterocycles. The summed E-state index contributed by atoms with van der Waals surface area (Å²) >= 11 is 0. The van der Waals surface area contributed by atoms with Crippen molar-refractivity contribution >= 4 is 0 Å². The summed E-state index contributed by atoms with van der Waals surface area (Å²) in [7, 11) is 0. The Balaban J connectivity index is 1.92. The van der Waals surface area contributed by atoms with E-state index < -0.39 is 6.61 Å². The molecule has 0 spiro atoms. The Morgan fingerprint density at radius 2 is 2.19 bits per heavy atom. The number of rotatable bonds is 8. The predicted octanol–water partition coefficient (Wildman–Crippen LogP) is 3.14. The fourth-order valence-electron chi connectivity index (χ4n) is 2.72. The van der Waals surface area contributed by atoms with Crippen molar-refractivity contribution in [3.8, 4) is 5.75 Å². The molecule has 0 aliphatic carbocycles. The fraction of sp³-hybridized carbons (Fsp3) is 0.600. The van der Waals surface area contributed by atoms with E-state index in [1.807, 2.05) is 0 Å². The number of hydrogen-bond acceptors (Lipinski definition) is 4. The molecule has 1 saturated heterocycles. The molecule has 1 fully saturated rings. The van der Waals surface area contributed by atoms with Crippen molar-refractivity contribution in [3.63, 3.8) is 0 Å². The van der Waals surface area contributed by atoms with E-state index in [-0.39, 0.29) is 11.8 Å². The molecule has 2 unspecified atom stereocenters. The zero-order valence-corrected chi connectivity index (χ0v) is 11.9. The monoisotopic (exact) mass is 300 g/mol. The first-order valence-corrected chi connectivity index (χ1v) is 7.32. The van der Waals surface area contributed by atoms with E-state index in [1.165, 1.54) is 6.07 Å². The quantitative estimate of drug-likeness (QED) is 0.572. The van der Waals surface area contributed by atoms with Crippen LogP contribution in [0.4, 0.5) is 8.78 Å². The van der Waals surface area contributed by atoms with Gasteiger partial charge in [-0.2, -0.15) is 8.78 Å². The first-order valence-electron chi connectivity index (χ1n) is 7.32. The van der Waals surface area contributed by atoms with Crippen LogP contribution in [0.5, 0.6) is 5.75 Å². The van der Waals surface area contributed by atoms with Crippen molar-refractivity contribution < 1.29 is 18.3 Å². The van der Waals surface area contributed by atoms with Gasteiger partial charge in [-0.15, -0.1) is 0 Å². The van der Waals surface area contributed by atoms with Gasteiger partial charge < -0.3 is 9.47 Å². The summed E-state index contributed by atoms with van der Waals surface area (Å²) in [5.74, 6) is 5.75. The number of benzene rings is 1. The number of para-hydroxylation sites is 1. The van der Waals surface area contributed by atoms with Gasteiger partial charge in [0.15, 0.2) is 0 Å². The molecular formula is C15H22F2N2O2. The highest BCUT2D eigenvalue weighted by atomic mass is 19.3. The Hall–Kier alpha value is -1.24. The third kappa shape index (κ3) is 4.91. The Morgan fingerprint density at radius 3 is 2.86 bits per heavy atom. The number of hydrogen-bond donors (Lipinski definition) is 2.